The summed E-state index contributed by atoms with van der Waals surface area (Å²) in [5.41, 5.74) is 4.85. The molecule has 0 bridgehead atoms. The average molecular weight is 367 g/mol. The zero-order chi connectivity index (χ0) is 19.6. The molecule has 1 aromatic heterocycles. The third kappa shape index (κ3) is 4.61. The number of benzene rings is 1. The highest BCUT2D eigenvalue weighted by Gasteiger charge is 2.28. The molecule has 27 heavy (non-hydrogen) atoms. The summed E-state index contributed by atoms with van der Waals surface area (Å²) in [4.78, 5) is 36.9. The van der Waals surface area contributed by atoms with E-state index in [-0.39, 0.29) is 25.0 Å². The number of hydrogen-bond donors (Lipinski definition) is 1. The van der Waals surface area contributed by atoms with Gasteiger partial charge in [0.2, 0.25) is 5.91 Å². The van der Waals surface area contributed by atoms with Crippen molar-refractivity contribution < 1.29 is 9.59 Å². The van der Waals surface area contributed by atoms with Crippen LogP contribution < -0.4 is 10.2 Å². The van der Waals surface area contributed by atoms with Gasteiger partial charge < -0.3 is 15.1 Å². The maximum Gasteiger partial charge on any atom is 0.318 e. The Hall–Kier alpha value is -2.96. The summed E-state index contributed by atoms with van der Waals surface area (Å²) in [5, 5.41) is 2.81. The van der Waals surface area contributed by atoms with Crippen molar-refractivity contribution in [3.8, 4) is 0 Å². The zero-order valence-corrected chi connectivity index (χ0v) is 16.2. The highest BCUT2D eigenvalue weighted by Crippen LogP contribution is 2.21. The number of piperazine rings is 1. The number of nitrogens with one attached hydrogen (secondary N) is 1. The van der Waals surface area contributed by atoms with Crippen LogP contribution in [0.2, 0.25) is 0 Å². The molecule has 1 fully saturated rings. The van der Waals surface area contributed by atoms with Crippen molar-refractivity contribution in [3.05, 3.63) is 52.6 Å². The molecule has 2 aromatic rings. The fraction of sp³-hybridized carbons (Fsp3) is 0.400. The first-order valence-electron chi connectivity index (χ1n) is 9.04. The Kier molecular flexibility index (Phi) is 5.39. The Morgan fingerprint density at radius 1 is 1.00 bits per heavy atom. The van der Waals surface area contributed by atoms with Gasteiger partial charge in [0.15, 0.2) is 0 Å². The monoisotopic (exact) mass is 367 g/mol. The van der Waals surface area contributed by atoms with Gasteiger partial charge in [-0.3, -0.25) is 4.79 Å². The van der Waals surface area contributed by atoms with Gasteiger partial charge in [0.25, 0.3) is 0 Å². The average Bonchev–Trinajstić information content (AvgIpc) is 2.57. The summed E-state index contributed by atoms with van der Waals surface area (Å²) in [7, 11) is 0. The molecular weight excluding hydrogens is 342 g/mol. The van der Waals surface area contributed by atoms with Crippen LogP contribution in [-0.4, -0.2) is 46.4 Å². The number of aryl methyl sites for hydroxylation is 4. The fourth-order valence-electron chi connectivity index (χ4n) is 3.37. The molecule has 7 nitrogen and oxygen atoms in total. The maximum atomic E-state index is 12.6. The molecule has 1 N–H and O–H groups in total. The Labute approximate surface area is 159 Å². The van der Waals surface area contributed by atoms with Gasteiger partial charge in [-0.2, -0.15) is 0 Å². The summed E-state index contributed by atoms with van der Waals surface area (Å²) in [6, 6.07) is 7.69. The van der Waals surface area contributed by atoms with Crippen LogP contribution in [0.25, 0.3) is 0 Å². The standard InChI is InChI=1S/C20H25N5O2/c1-13-7-14(2)9-17(8-13)25-6-5-24(12-19(25)26)20(27)21-11-18-22-15(3)10-16(4)23-18/h7-10H,5-6,11-12H2,1-4H3,(H,21,27). The Morgan fingerprint density at radius 3 is 2.22 bits per heavy atom. The van der Waals surface area contributed by atoms with E-state index in [1.807, 2.05) is 45.9 Å². The van der Waals surface area contributed by atoms with E-state index in [4.69, 9.17) is 0 Å². The van der Waals surface area contributed by atoms with E-state index in [1.54, 1.807) is 4.90 Å². The second-order valence-corrected chi connectivity index (χ2v) is 7.04. The van der Waals surface area contributed by atoms with Gasteiger partial charge in [-0.25, -0.2) is 14.8 Å². The van der Waals surface area contributed by atoms with Crippen molar-refractivity contribution in [2.45, 2.75) is 34.2 Å². The molecule has 1 aliphatic rings. The van der Waals surface area contributed by atoms with Crippen molar-refractivity contribution in [2.75, 3.05) is 24.5 Å². The van der Waals surface area contributed by atoms with E-state index >= 15 is 0 Å². The lowest BCUT2D eigenvalue weighted by molar-refractivity contribution is -0.120. The number of nitrogens with zero attached hydrogens (tertiary/aromatic N) is 4. The Bertz CT molecular complexity index is 840. The minimum absolute atomic E-state index is 0.0620. The summed E-state index contributed by atoms with van der Waals surface area (Å²) in [5.74, 6) is 0.491. The molecule has 0 unspecified atom stereocenters. The molecule has 142 valence electrons. The molecule has 1 saturated heterocycles. The normalized spacial score (nSPS) is 14.4. The molecule has 0 atom stereocenters. The molecule has 0 radical (unpaired) electrons. The molecule has 0 aliphatic carbocycles. The number of carbonyl (C=O) groups excluding carboxylic acids is 2. The molecule has 3 amide bonds. The van der Waals surface area contributed by atoms with Crippen molar-refractivity contribution in [1.82, 2.24) is 20.2 Å². The molecule has 7 heteroatoms. The molecule has 3 rings (SSSR count). The van der Waals surface area contributed by atoms with Gasteiger partial charge in [-0.05, 0) is 57.0 Å². The Balaban J connectivity index is 1.60. The highest BCUT2D eigenvalue weighted by atomic mass is 16.2. The van der Waals surface area contributed by atoms with Crippen molar-refractivity contribution in [1.29, 1.82) is 0 Å². The van der Waals surface area contributed by atoms with Gasteiger partial charge in [-0.15, -0.1) is 0 Å². The van der Waals surface area contributed by atoms with Crippen molar-refractivity contribution in [2.24, 2.45) is 0 Å². The van der Waals surface area contributed by atoms with E-state index in [0.717, 1.165) is 28.2 Å². The largest absolute Gasteiger partial charge is 0.331 e. The topological polar surface area (TPSA) is 78.4 Å². The van der Waals surface area contributed by atoms with Crippen LogP contribution in [0.15, 0.2) is 24.3 Å². The van der Waals surface area contributed by atoms with E-state index in [0.29, 0.717) is 18.9 Å². The lowest BCUT2D eigenvalue weighted by Gasteiger charge is -2.34. The van der Waals surface area contributed by atoms with E-state index in [2.05, 4.69) is 21.4 Å². The van der Waals surface area contributed by atoms with Crippen LogP contribution in [0.5, 0.6) is 0 Å². The van der Waals surface area contributed by atoms with Gasteiger partial charge in [0, 0.05) is 30.2 Å². The number of anilines is 1. The zero-order valence-electron chi connectivity index (χ0n) is 16.2. The highest BCUT2D eigenvalue weighted by molar-refractivity contribution is 5.97. The van der Waals surface area contributed by atoms with Crippen LogP contribution in [0.4, 0.5) is 10.5 Å². The summed E-state index contributed by atoms with van der Waals surface area (Å²) in [6.07, 6.45) is 0. The smallest absolute Gasteiger partial charge is 0.318 e. The molecule has 1 aromatic carbocycles. The third-order valence-corrected chi connectivity index (χ3v) is 4.45. The van der Waals surface area contributed by atoms with Crippen molar-refractivity contribution >= 4 is 17.6 Å². The maximum absolute atomic E-state index is 12.6. The summed E-state index contributed by atoms with van der Waals surface area (Å²) in [6.45, 7) is 9.09. The lowest BCUT2D eigenvalue weighted by atomic mass is 10.1. The predicted molar refractivity (Wildman–Crippen MR) is 104 cm³/mol. The fourth-order valence-corrected chi connectivity index (χ4v) is 3.37. The molecule has 1 aliphatic heterocycles. The minimum atomic E-state index is -0.272. The number of amides is 3. The first-order valence-corrected chi connectivity index (χ1v) is 9.04. The number of urea groups is 1. The molecule has 0 saturated carbocycles. The number of aromatic nitrogens is 2. The van der Waals surface area contributed by atoms with E-state index in [1.165, 1.54) is 4.90 Å². The number of rotatable bonds is 3. The van der Waals surface area contributed by atoms with Gasteiger partial charge in [0.05, 0.1) is 6.54 Å². The van der Waals surface area contributed by atoms with Crippen LogP contribution in [0, 0.1) is 27.7 Å². The second kappa shape index (κ2) is 7.73. The van der Waals surface area contributed by atoms with Gasteiger partial charge in [-0.1, -0.05) is 6.07 Å². The first kappa shape index (κ1) is 18.8. The van der Waals surface area contributed by atoms with Gasteiger partial charge in [0.1, 0.15) is 12.4 Å². The lowest BCUT2D eigenvalue weighted by Crippen LogP contribution is -2.54. The SMILES string of the molecule is Cc1cc(C)cc(N2CCN(C(=O)NCc3nc(C)cc(C)n3)CC2=O)c1. The second-order valence-electron chi connectivity index (χ2n) is 7.04. The van der Waals surface area contributed by atoms with Gasteiger partial charge >= 0.3 is 6.03 Å². The summed E-state index contributed by atoms with van der Waals surface area (Å²) < 4.78 is 0. The van der Waals surface area contributed by atoms with E-state index in [9.17, 15) is 9.59 Å². The first-order chi connectivity index (χ1) is 12.8. The van der Waals surface area contributed by atoms with Crippen molar-refractivity contribution in [3.63, 3.8) is 0 Å². The van der Waals surface area contributed by atoms with Crippen LogP contribution >= 0.6 is 0 Å². The summed E-state index contributed by atoms with van der Waals surface area (Å²) >= 11 is 0. The number of hydrogen-bond acceptors (Lipinski definition) is 4. The quantitative estimate of drug-likeness (QED) is 0.903. The molecule has 0 spiro atoms. The molecular formula is C20H25N5O2. The van der Waals surface area contributed by atoms with E-state index < -0.39 is 0 Å². The van der Waals surface area contributed by atoms with Crippen LogP contribution in [0.3, 0.4) is 0 Å². The third-order valence-electron chi connectivity index (χ3n) is 4.45. The molecule has 2 heterocycles. The van der Waals surface area contributed by atoms with Crippen LogP contribution in [-0.2, 0) is 11.3 Å². The number of carbonyl (C=O) groups is 2. The Morgan fingerprint density at radius 2 is 1.63 bits per heavy atom. The van der Waals surface area contributed by atoms with Crippen LogP contribution in [0.1, 0.15) is 28.3 Å². The minimum Gasteiger partial charge on any atom is -0.331 e. The predicted octanol–water partition coefficient (Wildman–Crippen LogP) is 2.27.